The van der Waals surface area contributed by atoms with E-state index >= 15 is 0 Å². The van der Waals surface area contributed by atoms with Crippen LogP contribution in [0.1, 0.15) is 25.3 Å². The van der Waals surface area contributed by atoms with Crippen LogP contribution < -0.4 is 0 Å². The van der Waals surface area contributed by atoms with Crippen LogP contribution in [-0.4, -0.2) is 36.7 Å². The van der Waals surface area contributed by atoms with Gasteiger partial charge in [-0.2, -0.15) is 0 Å². The van der Waals surface area contributed by atoms with E-state index in [1.54, 1.807) is 0 Å². The Morgan fingerprint density at radius 3 is 2.78 bits per heavy atom. The third-order valence-electron chi connectivity index (χ3n) is 4.49. The second-order valence-electron chi connectivity index (χ2n) is 5.77. The van der Waals surface area contributed by atoms with Crippen molar-refractivity contribution in [2.24, 2.45) is 5.92 Å². The molecule has 2 nitrogen and oxygen atoms in total. The lowest BCUT2D eigenvalue weighted by molar-refractivity contribution is 0.0818. The lowest BCUT2D eigenvalue weighted by Gasteiger charge is -2.26. The molecule has 0 N–H and O–H groups in total. The molecule has 2 fully saturated rings. The summed E-state index contributed by atoms with van der Waals surface area (Å²) in [4.78, 5) is 2.66. The Kier molecular flexibility index (Phi) is 3.67. The van der Waals surface area contributed by atoms with Gasteiger partial charge in [-0.1, -0.05) is 30.3 Å². The van der Waals surface area contributed by atoms with E-state index in [1.165, 1.54) is 37.9 Å². The predicted octanol–water partition coefficient (Wildman–Crippen LogP) is 2.73. The van der Waals surface area contributed by atoms with Crippen LogP contribution in [0.3, 0.4) is 0 Å². The lowest BCUT2D eigenvalue weighted by Crippen LogP contribution is -2.38. The Balaban J connectivity index is 1.55. The molecule has 2 aliphatic rings. The highest BCUT2D eigenvalue weighted by atomic mass is 16.5. The number of rotatable bonds is 3. The van der Waals surface area contributed by atoms with Gasteiger partial charge in [0, 0.05) is 19.2 Å². The molecule has 18 heavy (non-hydrogen) atoms. The highest BCUT2D eigenvalue weighted by molar-refractivity contribution is 5.15. The van der Waals surface area contributed by atoms with Crippen LogP contribution in [0, 0.1) is 5.92 Å². The molecule has 0 unspecified atom stereocenters. The fourth-order valence-corrected chi connectivity index (χ4v) is 3.48. The summed E-state index contributed by atoms with van der Waals surface area (Å²) in [6.07, 6.45) is 4.23. The quantitative estimate of drug-likeness (QED) is 0.812. The third-order valence-corrected chi connectivity index (χ3v) is 4.49. The van der Waals surface area contributed by atoms with Crippen molar-refractivity contribution in [3.63, 3.8) is 0 Å². The molecule has 2 saturated heterocycles. The molecular formula is C16H23NO. The van der Waals surface area contributed by atoms with Gasteiger partial charge in [0.1, 0.15) is 0 Å². The third kappa shape index (κ3) is 2.60. The standard InChI is InChI=1S/C16H23NO/c1-13-16(8-10-18-13)17-9-7-15(12-17)11-14-5-3-2-4-6-14/h2-6,13,15-16H,7-12H2,1H3/t13-,15-,16-/m0/s1. The molecule has 0 aromatic heterocycles. The molecular weight excluding hydrogens is 222 g/mol. The molecule has 1 aromatic carbocycles. The smallest absolute Gasteiger partial charge is 0.0703 e. The highest BCUT2D eigenvalue weighted by Crippen LogP contribution is 2.27. The number of likely N-dealkylation sites (tertiary alicyclic amines) is 1. The van der Waals surface area contributed by atoms with Gasteiger partial charge in [0.25, 0.3) is 0 Å². The first-order valence-corrected chi connectivity index (χ1v) is 7.22. The Bertz CT molecular complexity index is 378. The van der Waals surface area contributed by atoms with E-state index in [0.29, 0.717) is 12.1 Å². The minimum Gasteiger partial charge on any atom is -0.377 e. The van der Waals surface area contributed by atoms with E-state index in [4.69, 9.17) is 4.74 Å². The molecule has 3 rings (SSSR count). The van der Waals surface area contributed by atoms with Crippen molar-refractivity contribution in [2.75, 3.05) is 19.7 Å². The predicted molar refractivity (Wildman–Crippen MR) is 73.6 cm³/mol. The zero-order valence-corrected chi connectivity index (χ0v) is 11.2. The zero-order valence-electron chi connectivity index (χ0n) is 11.2. The van der Waals surface area contributed by atoms with E-state index < -0.39 is 0 Å². The van der Waals surface area contributed by atoms with Crippen LogP contribution >= 0.6 is 0 Å². The molecule has 3 atom stereocenters. The van der Waals surface area contributed by atoms with Crippen molar-refractivity contribution >= 4 is 0 Å². The highest BCUT2D eigenvalue weighted by Gasteiger charge is 2.34. The average Bonchev–Trinajstić information content (AvgIpc) is 2.99. The Hall–Kier alpha value is -0.860. The monoisotopic (exact) mass is 245 g/mol. The largest absolute Gasteiger partial charge is 0.377 e. The van der Waals surface area contributed by atoms with Crippen LogP contribution in [0.15, 0.2) is 30.3 Å². The maximum absolute atomic E-state index is 5.69. The minimum absolute atomic E-state index is 0.431. The van der Waals surface area contributed by atoms with E-state index in [0.717, 1.165) is 12.5 Å². The summed E-state index contributed by atoms with van der Waals surface area (Å²) in [5.41, 5.74) is 1.49. The van der Waals surface area contributed by atoms with Gasteiger partial charge in [0.15, 0.2) is 0 Å². The van der Waals surface area contributed by atoms with E-state index in [1.807, 2.05) is 0 Å². The van der Waals surface area contributed by atoms with Gasteiger partial charge in [0.2, 0.25) is 0 Å². The summed E-state index contributed by atoms with van der Waals surface area (Å²) in [6, 6.07) is 11.6. The molecule has 98 valence electrons. The summed E-state index contributed by atoms with van der Waals surface area (Å²) >= 11 is 0. The molecule has 0 bridgehead atoms. The molecule has 0 amide bonds. The van der Waals surface area contributed by atoms with Crippen molar-refractivity contribution < 1.29 is 4.74 Å². The van der Waals surface area contributed by atoms with E-state index in [-0.39, 0.29) is 0 Å². The van der Waals surface area contributed by atoms with E-state index in [2.05, 4.69) is 42.2 Å². The van der Waals surface area contributed by atoms with Crippen molar-refractivity contribution in [2.45, 2.75) is 38.3 Å². The number of nitrogens with zero attached hydrogens (tertiary/aromatic N) is 1. The summed E-state index contributed by atoms with van der Waals surface area (Å²) in [7, 11) is 0. The van der Waals surface area contributed by atoms with E-state index in [9.17, 15) is 0 Å². The van der Waals surface area contributed by atoms with Crippen LogP contribution in [0.5, 0.6) is 0 Å². The van der Waals surface area contributed by atoms with Gasteiger partial charge in [-0.15, -0.1) is 0 Å². The second-order valence-corrected chi connectivity index (χ2v) is 5.77. The summed E-state index contributed by atoms with van der Waals surface area (Å²) in [6.45, 7) is 5.69. The van der Waals surface area contributed by atoms with Crippen LogP contribution in [0.25, 0.3) is 0 Å². The molecule has 1 aromatic rings. The topological polar surface area (TPSA) is 12.5 Å². The fourth-order valence-electron chi connectivity index (χ4n) is 3.48. The molecule has 0 aliphatic carbocycles. The molecule has 2 aliphatic heterocycles. The second kappa shape index (κ2) is 5.41. The van der Waals surface area contributed by atoms with Crippen LogP contribution in [-0.2, 0) is 11.2 Å². The summed E-state index contributed by atoms with van der Waals surface area (Å²) in [5.74, 6) is 0.834. The number of benzene rings is 1. The van der Waals surface area contributed by atoms with Crippen molar-refractivity contribution in [1.29, 1.82) is 0 Å². The molecule has 2 heterocycles. The maximum Gasteiger partial charge on any atom is 0.0703 e. The zero-order chi connectivity index (χ0) is 12.4. The first-order valence-electron chi connectivity index (χ1n) is 7.22. The summed E-state index contributed by atoms with van der Waals surface area (Å²) < 4.78 is 5.69. The molecule has 2 heteroatoms. The van der Waals surface area contributed by atoms with Crippen molar-refractivity contribution in [3.05, 3.63) is 35.9 Å². The minimum atomic E-state index is 0.431. The van der Waals surface area contributed by atoms with Gasteiger partial charge < -0.3 is 4.74 Å². The lowest BCUT2D eigenvalue weighted by atomic mass is 9.99. The number of ether oxygens (including phenoxy) is 1. The Morgan fingerprint density at radius 1 is 1.22 bits per heavy atom. The van der Waals surface area contributed by atoms with Gasteiger partial charge in [0.05, 0.1) is 6.10 Å². The van der Waals surface area contributed by atoms with Gasteiger partial charge in [-0.05, 0) is 44.2 Å². The van der Waals surface area contributed by atoms with Gasteiger partial charge >= 0.3 is 0 Å². The first-order chi connectivity index (χ1) is 8.83. The van der Waals surface area contributed by atoms with Gasteiger partial charge in [-0.25, -0.2) is 0 Å². The van der Waals surface area contributed by atoms with Crippen molar-refractivity contribution in [1.82, 2.24) is 4.90 Å². The Labute approximate surface area is 110 Å². The maximum atomic E-state index is 5.69. The van der Waals surface area contributed by atoms with Crippen LogP contribution in [0.2, 0.25) is 0 Å². The first kappa shape index (κ1) is 12.2. The average molecular weight is 245 g/mol. The summed E-state index contributed by atoms with van der Waals surface area (Å²) in [5, 5.41) is 0. The Morgan fingerprint density at radius 2 is 2.06 bits per heavy atom. The molecule has 0 saturated carbocycles. The number of hydrogen-bond acceptors (Lipinski definition) is 2. The SMILES string of the molecule is C[C@@H]1OCC[C@@H]1N1CC[C@@H](Cc2ccccc2)C1. The molecule has 0 spiro atoms. The fraction of sp³-hybridized carbons (Fsp3) is 0.625. The van der Waals surface area contributed by atoms with Crippen LogP contribution in [0.4, 0.5) is 0 Å². The van der Waals surface area contributed by atoms with Gasteiger partial charge in [-0.3, -0.25) is 4.90 Å². The normalized spacial score (nSPS) is 33.1. The number of hydrogen-bond donors (Lipinski definition) is 0. The molecule has 0 radical (unpaired) electrons. The van der Waals surface area contributed by atoms with Crippen molar-refractivity contribution in [3.8, 4) is 0 Å².